The van der Waals surface area contributed by atoms with Crippen LogP contribution in [0.5, 0.6) is 0 Å². The first-order chi connectivity index (χ1) is 10.8. The summed E-state index contributed by atoms with van der Waals surface area (Å²) < 4.78 is 0. The van der Waals surface area contributed by atoms with E-state index in [2.05, 4.69) is 10.5 Å². The minimum Gasteiger partial charge on any atom is -0.354 e. The highest BCUT2D eigenvalue weighted by Crippen LogP contribution is 2.32. The van der Waals surface area contributed by atoms with Crippen LogP contribution < -0.4 is 5.32 Å². The lowest BCUT2D eigenvalue weighted by Gasteiger charge is -2.11. The van der Waals surface area contributed by atoms with Gasteiger partial charge in [-0.3, -0.25) is 0 Å². The summed E-state index contributed by atoms with van der Waals surface area (Å²) in [4.78, 5) is 11.0. The Morgan fingerprint density at radius 1 is 0.818 bits per heavy atom. The number of nitrogens with zero attached hydrogens (tertiary/aromatic N) is 1. The van der Waals surface area contributed by atoms with Crippen molar-refractivity contribution in [2.45, 2.75) is 6.92 Å². The van der Waals surface area contributed by atoms with Crippen LogP contribution in [0.1, 0.15) is 5.56 Å². The minimum absolute atomic E-state index is 0.403. The van der Waals surface area contributed by atoms with Gasteiger partial charge in [0.15, 0.2) is 0 Å². The Morgan fingerprint density at radius 3 is 2.23 bits per heavy atom. The topological polar surface area (TPSA) is 41.5 Å². The Morgan fingerprint density at radius 2 is 1.55 bits per heavy atom. The highest BCUT2D eigenvalue weighted by atomic mass is 16.3. The molecule has 0 heterocycles. The van der Waals surface area contributed by atoms with Crippen LogP contribution in [-0.2, 0) is 0 Å². The van der Waals surface area contributed by atoms with E-state index in [1.165, 1.54) is 5.56 Å². The zero-order valence-corrected chi connectivity index (χ0v) is 12.3. The van der Waals surface area contributed by atoms with E-state index in [1.54, 1.807) is 6.07 Å². The fourth-order valence-corrected chi connectivity index (χ4v) is 2.32. The van der Waals surface area contributed by atoms with Crippen LogP contribution in [0, 0.1) is 11.8 Å². The average Bonchev–Trinajstić information content (AvgIpc) is 2.58. The van der Waals surface area contributed by atoms with Crippen LogP contribution in [0.4, 0.5) is 17.1 Å². The van der Waals surface area contributed by atoms with Gasteiger partial charge in [0.25, 0.3) is 0 Å². The number of hydrogen-bond donors (Lipinski definition) is 1. The molecule has 0 aliphatic carbocycles. The summed E-state index contributed by atoms with van der Waals surface area (Å²) in [5.74, 6) is 0. The zero-order valence-electron chi connectivity index (χ0n) is 12.3. The molecule has 0 bridgehead atoms. The molecule has 0 aliphatic rings. The number of rotatable bonds is 4. The van der Waals surface area contributed by atoms with E-state index in [0.717, 1.165) is 16.8 Å². The van der Waals surface area contributed by atoms with Gasteiger partial charge in [0.05, 0.1) is 5.69 Å². The first-order valence-electron chi connectivity index (χ1n) is 7.13. The fourth-order valence-electron chi connectivity index (χ4n) is 2.32. The lowest BCUT2D eigenvalue weighted by atomic mass is 10.0. The number of aryl methyl sites for hydroxylation is 1. The molecule has 0 atom stereocenters. The van der Waals surface area contributed by atoms with Gasteiger partial charge in [0.1, 0.15) is 5.69 Å². The van der Waals surface area contributed by atoms with Crippen molar-refractivity contribution >= 4 is 17.1 Å². The largest absolute Gasteiger partial charge is 0.354 e. The molecule has 1 N–H and O–H groups in total. The van der Waals surface area contributed by atoms with Crippen molar-refractivity contribution < 1.29 is 0 Å². The number of benzene rings is 3. The van der Waals surface area contributed by atoms with Crippen LogP contribution in [-0.4, -0.2) is 0 Å². The number of nitroso groups, excluding NO2 is 1. The third-order valence-corrected chi connectivity index (χ3v) is 3.53. The third-order valence-electron chi connectivity index (χ3n) is 3.53. The molecular formula is C19H16N2O. The fraction of sp³-hybridized carbons (Fsp3) is 0.0526. The van der Waals surface area contributed by atoms with E-state index in [4.69, 9.17) is 0 Å². The predicted octanol–water partition coefficient (Wildman–Crippen LogP) is 5.80. The molecule has 0 unspecified atom stereocenters. The molecule has 0 aromatic heterocycles. The normalized spacial score (nSPS) is 10.2. The molecular weight excluding hydrogens is 272 g/mol. The molecule has 22 heavy (non-hydrogen) atoms. The average molecular weight is 288 g/mol. The Labute approximate surface area is 129 Å². The molecule has 0 spiro atoms. The predicted molar refractivity (Wildman–Crippen MR) is 91.8 cm³/mol. The van der Waals surface area contributed by atoms with Crippen LogP contribution >= 0.6 is 0 Å². The van der Waals surface area contributed by atoms with E-state index in [0.29, 0.717) is 11.4 Å². The summed E-state index contributed by atoms with van der Waals surface area (Å²) in [6, 6.07) is 23.7. The second kappa shape index (κ2) is 6.22. The Kier molecular flexibility index (Phi) is 3.97. The number of anilines is 2. The molecule has 0 saturated heterocycles. The minimum atomic E-state index is 0.403. The van der Waals surface area contributed by atoms with Crippen LogP contribution in [0.25, 0.3) is 11.1 Å². The van der Waals surface area contributed by atoms with Gasteiger partial charge in [-0.1, -0.05) is 54.1 Å². The van der Waals surface area contributed by atoms with Crippen LogP contribution in [0.15, 0.2) is 78.0 Å². The second-order valence-corrected chi connectivity index (χ2v) is 5.18. The summed E-state index contributed by atoms with van der Waals surface area (Å²) in [7, 11) is 0. The van der Waals surface area contributed by atoms with E-state index >= 15 is 0 Å². The van der Waals surface area contributed by atoms with Gasteiger partial charge in [-0.05, 0) is 47.5 Å². The van der Waals surface area contributed by atoms with Crippen molar-refractivity contribution in [3.8, 4) is 11.1 Å². The van der Waals surface area contributed by atoms with Crippen molar-refractivity contribution in [1.29, 1.82) is 0 Å². The monoisotopic (exact) mass is 288 g/mol. The van der Waals surface area contributed by atoms with E-state index in [-0.39, 0.29) is 0 Å². The maximum atomic E-state index is 11.0. The third kappa shape index (κ3) is 3.04. The highest BCUT2D eigenvalue weighted by Gasteiger charge is 2.06. The maximum absolute atomic E-state index is 11.0. The lowest BCUT2D eigenvalue weighted by molar-refractivity contribution is 1.43. The molecule has 0 amide bonds. The Bertz CT molecular complexity index is 780. The second-order valence-electron chi connectivity index (χ2n) is 5.18. The van der Waals surface area contributed by atoms with Crippen molar-refractivity contribution in [2.24, 2.45) is 5.18 Å². The lowest BCUT2D eigenvalue weighted by Crippen LogP contribution is -1.91. The van der Waals surface area contributed by atoms with Gasteiger partial charge in [0.2, 0.25) is 0 Å². The van der Waals surface area contributed by atoms with Gasteiger partial charge in [0, 0.05) is 5.69 Å². The first-order valence-corrected chi connectivity index (χ1v) is 7.13. The molecule has 3 aromatic carbocycles. The van der Waals surface area contributed by atoms with Crippen LogP contribution in [0.2, 0.25) is 0 Å². The summed E-state index contributed by atoms with van der Waals surface area (Å²) >= 11 is 0. The van der Waals surface area contributed by atoms with Gasteiger partial charge >= 0.3 is 0 Å². The molecule has 3 rings (SSSR count). The molecule has 3 heteroatoms. The summed E-state index contributed by atoms with van der Waals surface area (Å²) in [6.07, 6.45) is 0. The summed E-state index contributed by atoms with van der Waals surface area (Å²) in [6.45, 7) is 2.04. The standard InChI is InChI=1S/C19H16N2O/c1-14-7-10-17(11-8-14)20-19-13-16(9-12-18(19)21-22)15-5-3-2-4-6-15/h2-13,20H,1H3. The van der Waals surface area contributed by atoms with Crippen molar-refractivity contribution in [3.05, 3.63) is 83.3 Å². The summed E-state index contributed by atoms with van der Waals surface area (Å²) in [5.41, 5.74) is 5.38. The highest BCUT2D eigenvalue weighted by molar-refractivity contribution is 5.79. The Balaban J connectivity index is 1.98. The molecule has 3 aromatic rings. The quantitative estimate of drug-likeness (QED) is 0.616. The van der Waals surface area contributed by atoms with Crippen molar-refractivity contribution in [2.75, 3.05) is 5.32 Å². The molecule has 0 aliphatic heterocycles. The van der Waals surface area contributed by atoms with Gasteiger partial charge in [-0.15, -0.1) is 4.91 Å². The molecule has 108 valence electrons. The van der Waals surface area contributed by atoms with Gasteiger partial charge in [-0.2, -0.15) is 0 Å². The van der Waals surface area contributed by atoms with Crippen molar-refractivity contribution in [3.63, 3.8) is 0 Å². The molecule has 3 nitrogen and oxygen atoms in total. The zero-order chi connectivity index (χ0) is 15.4. The SMILES string of the molecule is Cc1ccc(Nc2cc(-c3ccccc3)ccc2N=O)cc1. The number of nitrogens with one attached hydrogen (secondary N) is 1. The summed E-state index contributed by atoms with van der Waals surface area (Å²) in [5, 5.41) is 6.37. The van der Waals surface area contributed by atoms with E-state index in [1.807, 2.05) is 73.7 Å². The smallest absolute Gasteiger partial charge is 0.131 e. The van der Waals surface area contributed by atoms with Gasteiger partial charge in [-0.25, -0.2) is 0 Å². The number of hydrogen-bond acceptors (Lipinski definition) is 3. The van der Waals surface area contributed by atoms with Crippen molar-refractivity contribution in [1.82, 2.24) is 0 Å². The molecule has 0 fully saturated rings. The Hall–Kier alpha value is -2.94. The molecule has 0 radical (unpaired) electrons. The van der Waals surface area contributed by atoms with Gasteiger partial charge < -0.3 is 5.32 Å². The molecule has 0 saturated carbocycles. The maximum Gasteiger partial charge on any atom is 0.131 e. The van der Waals surface area contributed by atoms with Crippen LogP contribution in [0.3, 0.4) is 0 Å². The van der Waals surface area contributed by atoms with E-state index in [9.17, 15) is 4.91 Å². The van der Waals surface area contributed by atoms with E-state index < -0.39 is 0 Å². The first kappa shape index (κ1) is 14.0.